The van der Waals surface area contributed by atoms with Crippen molar-refractivity contribution in [2.45, 2.75) is 27.7 Å². The van der Waals surface area contributed by atoms with Gasteiger partial charge in [0.15, 0.2) is 0 Å². The van der Waals surface area contributed by atoms with E-state index < -0.39 is 0 Å². The second kappa shape index (κ2) is 14.8. The Morgan fingerprint density at radius 3 is 1.04 bits per heavy atom. The molecule has 56 heavy (non-hydrogen) atoms. The predicted molar refractivity (Wildman–Crippen MR) is 237 cm³/mol. The van der Waals surface area contributed by atoms with Crippen molar-refractivity contribution in [1.82, 2.24) is 0 Å². The maximum atomic E-state index is 6.73. The summed E-state index contributed by atoms with van der Waals surface area (Å²) in [6.45, 7) is 9.90. The molecule has 270 valence electrons. The fourth-order valence-corrected chi connectivity index (χ4v) is 7.68. The summed E-state index contributed by atoms with van der Waals surface area (Å²) in [5.74, 6) is 16.7. The molecule has 9 rings (SSSR count). The molecule has 0 N–H and O–H groups in total. The van der Waals surface area contributed by atoms with Gasteiger partial charge in [-0.3, -0.25) is 0 Å². The Bertz CT molecular complexity index is 2790. The van der Waals surface area contributed by atoms with Crippen LogP contribution < -0.4 is 9.47 Å². The summed E-state index contributed by atoms with van der Waals surface area (Å²) < 4.78 is 13.5. The van der Waals surface area contributed by atoms with Crippen LogP contribution in [-0.4, -0.2) is 13.2 Å². The minimum atomic E-state index is 0.347. The zero-order chi connectivity index (χ0) is 38.2. The molecule has 9 aromatic carbocycles. The van der Waals surface area contributed by atoms with Gasteiger partial charge in [0, 0.05) is 43.8 Å². The van der Waals surface area contributed by atoms with E-state index in [2.05, 4.69) is 197 Å². The van der Waals surface area contributed by atoms with Gasteiger partial charge in [-0.1, -0.05) is 148 Å². The largest absolute Gasteiger partial charge is 0.492 e. The highest BCUT2D eigenvalue weighted by molar-refractivity contribution is 6.12. The molecule has 9 aromatic rings. The number of hydrogen-bond acceptors (Lipinski definition) is 2. The number of ether oxygens (including phenoxy) is 2. The van der Waals surface area contributed by atoms with Gasteiger partial charge in [-0.2, -0.15) is 0 Å². The third kappa shape index (κ3) is 6.66. The summed E-state index contributed by atoms with van der Waals surface area (Å²) in [6, 6.07) is 51.3. The van der Waals surface area contributed by atoms with Crippen LogP contribution >= 0.6 is 0 Å². The summed E-state index contributed by atoms with van der Waals surface area (Å²) in [4.78, 5) is 0. The van der Waals surface area contributed by atoms with Crippen molar-refractivity contribution in [3.8, 4) is 35.2 Å². The molecular weight excluding hydrogens is 681 g/mol. The van der Waals surface area contributed by atoms with Gasteiger partial charge in [-0.15, -0.1) is 0 Å². The lowest BCUT2D eigenvalue weighted by Gasteiger charge is -2.20. The topological polar surface area (TPSA) is 18.5 Å². The van der Waals surface area contributed by atoms with Crippen LogP contribution in [0, 0.1) is 35.5 Å². The Hall–Kier alpha value is -6.74. The minimum absolute atomic E-state index is 0.347. The van der Waals surface area contributed by atoms with Crippen LogP contribution in [0.25, 0.3) is 64.6 Å². The molecule has 0 saturated carbocycles. The molecule has 0 aromatic heterocycles. The molecule has 2 heteroatoms. The molecule has 0 fully saturated rings. The van der Waals surface area contributed by atoms with Gasteiger partial charge in [-0.05, 0) is 103 Å². The van der Waals surface area contributed by atoms with Crippen molar-refractivity contribution >= 4 is 64.6 Å². The van der Waals surface area contributed by atoms with Crippen LogP contribution in [0.1, 0.15) is 49.9 Å². The van der Waals surface area contributed by atoms with Crippen molar-refractivity contribution in [2.75, 3.05) is 13.2 Å². The average Bonchev–Trinajstić information content (AvgIpc) is 3.22. The highest BCUT2D eigenvalue weighted by Crippen LogP contribution is 2.44. The number of hydrogen-bond donors (Lipinski definition) is 0. The smallest absolute Gasteiger partial charge is 0.135 e. The van der Waals surface area contributed by atoms with E-state index >= 15 is 0 Å². The van der Waals surface area contributed by atoms with Gasteiger partial charge in [-0.25, -0.2) is 0 Å². The van der Waals surface area contributed by atoms with Crippen LogP contribution in [0.3, 0.4) is 0 Å². The first kappa shape index (κ1) is 35.0. The molecule has 0 radical (unpaired) electrons. The molecule has 0 heterocycles. The average molecular weight is 723 g/mol. The number of fused-ring (bicyclic) bond motifs is 6. The van der Waals surface area contributed by atoms with E-state index in [0.29, 0.717) is 25.0 Å². The van der Waals surface area contributed by atoms with Gasteiger partial charge in [0.1, 0.15) is 11.5 Å². The highest BCUT2D eigenvalue weighted by Gasteiger charge is 2.19. The Balaban J connectivity index is 1.22. The normalized spacial score (nSPS) is 11.4. The molecule has 0 saturated heterocycles. The van der Waals surface area contributed by atoms with Crippen LogP contribution in [0.15, 0.2) is 146 Å². The number of rotatable bonds is 6. The van der Waals surface area contributed by atoms with E-state index in [1.165, 1.54) is 21.5 Å². The Labute approximate surface area is 328 Å². The summed E-state index contributed by atoms with van der Waals surface area (Å²) in [6.07, 6.45) is 0. The molecular formula is C54H42O2. The van der Waals surface area contributed by atoms with E-state index in [1.54, 1.807) is 0 Å². The van der Waals surface area contributed by atoms with Crippen molar-refractivity contribution < 1.29 is 9.47 Å². The fourth-order valence-electron chi connectivity index (χ4n) is 7.68. The van der Waals surface area contributed by atoms with E-state index in [-0.39, 0.29) is 0 Å². The molecule has 0 amide bonds. The summed E-state index contributed by atoms with van der Waals surface area (Å²) in [7, 11) is 0. The summed E-state index contributed by atoms with van der Waals surface area (Å²) in [5, 5.41) is 13.4. The quantitative estimate of drug-likeness (QED) is 0.126. The minimum Gasteiger partial charge on any atom is -0.492 e. The van der Waals surface area contributed by atoms with Crippen LogP contribution in [-0.2, 0) is 0 Å². The van der Waals surface area contributed by atoms with Gasteiger partial charge in [0.2, 0.25) is 0 Å². The Morgan fingerprint density at radius 2 is 0.696 bits per heavy atom. The zero-order valence-electron chi connectivity index (χ0n) is 32.2. The molecule has 0 bridgehead atoms. The molecule has 0 unspecified atom stereocenters. The van der Waals surface area contributed by atoms with Crippen LogP contribution in [0.4, 0.5) is 0 Å². The van der Waals surface area contributed by atoms with Crippen LogP contribution in [0.2, 0.25) is 0 Å². The van der Waals surface area contributed by atoms with Crippen LogP contribution in [0.5, 0.6) is 11.5 Å². The molecule has 0 aliphatic heterocycles. The lowest BCUT2D eigenvalue weighted by atomic mass is 9.95. The molecule has 0 spiro atoms. The third-order valence-electron chi connectivity index (χ3n) is 10.3. The van der Waals surface area contributed by atoms with Crippen molar-refractivity contribution in [2.24, 2.45) is 11.8 Å². The molecule has 0 atom stereocenters. The third-order valence-corrected chi connectivity index (χ3v) is 10.3. The predicted octanol–water partition coefficient (Wildman–Crippen LogP) is 13.5. The molecule has 0 aliphatic carbocycles. The summed E-state index contributed by atoms with van der Waals surface area (Å²) >= 11 is 0. The highest BCUT2D eigenvalue weighted by atomic mass is 16.5. The molecule has 2 nitrogen and oxygen atoms in total. The van der Waals surface area contributed by atoms with Crippen molar-refractivity contribution in [3.63, 3.8) is 0 Å². The van der Waals surface area contributed by atoms with Gasteiger partial charge in [0.25, 0.3) is 0 Å². The first-order chi connectivity index (χ1) is 27.4. The lowest BCUT2D eigenvalue weighted by molar-refractivity contribution is 0.273. The van der Waals surface area contributed by atoms with E-state index in [1.807, 2.05) is 0 Å². The van der Waals surface area contributed by atoms with Crippen molar-refractivity contribution in [1.29, 1.82) is 0 Å². The Kier molecular flexibility index (Phi) is 9.27. The van der Waals surface area contributed by atoms with Gasteiger partial charge < -0.3 is 9.47 Å². The fraction of sp³-hybridized carbons (Fsp3) is 0.148. The number of benzene rings is 9. The first-order valence-electron chi connectivity index (χ1n) is 19.6. The van der Waals surface area contributed by atoms with E-state index in [9.17, 15) is 0 Å². The van der Waals surface area contributed by atoms with Gasteiger partial charge >= 0.3 is 0 Å². The van der Waals surface area contributed by atoms with Gasteiger partial charge in [0.05, 0.1) is 13.2 Å². The molecule has 0 aliphatic rings. The SMILES string of the molecule is CC(C)COc1c2ccc(C#Cc3c4ccccc4cc4ccccc34)cc2c(OCC(C)C)c2ccc(C#Cc3c4ccccc4cc4ccccc34)cc12. The lowest BCUT2D eigenvalue weighted by Crippen LogP contribution is -2.08. The van der Waals surface area contributed by atoms with E-state index in [4.69, 9.17) is 9.47 Å². The standard InChI is InChI=1S/C54H42O2/c1-35(2)33-55-53-49-27-23-38(22-26-48-45-19-11-7-15-41(45)32-42-16-8-12-20-46(42)48)30-52(49)54(56-34-36(3)4)50-28-24-37(29-51(50)53)21-25-47-43-17-9-5-13-39(43)31-40-14-6-10-18-44(40)47/h5-20,23-24,27-32,35-36H,33-34H2,1-4H3. The summed E-state index contributed by atoms with van der Waals surface area (Å²) in [5.41, 5.74) is 3.92. The maximum absolute atomic E-state index is 6.73. The Morgan fingerprint density at radius 1 is 0.357 bits per heavy atom. The maximum Gasteiger partial charge on any atom is 0.135 e. The second-order valence-electron chi connectivity index (χ2n) is 15.5. The van der Waals surface area contributed by atoms with E-state index in [0.717, 1.165) is 76.8 Å². The first-order valence-corrected chi connectivity index (χ1v) is 19.6. The zero-order valence-corrected chi connectivity index (χ0v) is 32.2. The van der Waals surface area contributed by atoms with Crippen molar-refractivity contribution in [3.05, 3.63) is 168 Å². The monoisotopic (exact) mass is 722 g/mol. The second-order valence-corrected chi connectivity index (χ2v) is 15.5.